The molecule has 3 aromatic carbocycles. The highest BCUT2D eigenvalue weighted by molar-refractivity contribution is 6.42. The molecule has 1 aliphatic rings. The Hall–Kier alpha value is -4.81. The van der Waals surface area contributed by atoms with Crippen LogP contribution in [-0.2, 0) is 9.59 Å². The summed E-state index contributed by atoms with van der Waals surface area (Å²) in [6.45, 7) is 0. The van der Waals surface area contributed by atoms with E-state index in [9.17, 15) is 34.6 Å². The lowest BCUT2D eigenvalue weighted by molar-refractivity contribution is -0.394. The van der Waals surface area contributed by atoms with E-state index in [0.717, 1.165) is 24.3 Å². The van der Waals surface area contributed by atoms with Crippen LogP contribution in [0.5, 0.6) is 11.5 Å². The van der Waals surface area contributed by atoms with Crippen LogP contribution in [0.4, 0.5) is 21.9 Å². The van der Waals surface area contributed by atoms with Crippen LogP contribution >= 0.6 is 23.2 Å². The zero-order valence-electron chi connectivity index (χ0n) is 18.2. The van der Waals surface area contributed by atoms with Gasteiger partial charge in [0.25, 0.3) is 17.5 Å². The number of anilines is 1. The number of halogens is 2. The number of para-hydroxylation sites is 1. The smallest absolute Gasteiger partial charge is 0.335 e. The Morgan fingerprint density at radius 3 is 2.27 bits per heavy atom. The molecule has 1 heterocycles. The van der Waals surface area contributed by atoms with E-state index in [1.54, 1.807) is 12.1 Å². The maximum atomic E-state index is 13.2. The number of non-ortho nitro benzene ring substituents is 1. The van der Waals surface area contributed by atoms with Crippen LogP contribution in [0.25, 0.3) is 6.08 Å². The van der Waals surface area contributed by atoms with Crippen molar-refractivity contribution in [1.82, 2.24) is 5.32 Å². The third-order valence-corrected chi connectivity index (χ3v) is 5.59. The monoisotopic (exact) mass is 542 g/mol. The lowest BCUT2D eigenvalue weighted by atomic mass is 10.1. The number of imide groups is 2. The summed E-state index contributed by atoms with van der Waals surface area (Å²) < 4.78 is 5.64. The Morgan fingerprint density at radius 2 is 1.59 bits per heavy atom. The Balaban J connectivity index is 1.78. The summed E-state index contributed by atoms with van der Waals surface area (Å²) >= 11 is 12.2. The molecule has 0 unspecified atom stereocenters. The first-order chi connectivity index (χ1) is 17.6. The van der Waals surface area contributed by atoms with E-state index in [1.807, 2.05) is 0 Å². The minimum Gasteiger partial charge on any atom is -0.449 e. The SMILES string of the molecule is O=C1NC(=O)N(c2ccccc2Cl)C(=O)/C1=C/c1cc(Cl)ccc1Oc1ccc([N+](=O)[O-])cc1[N+](=O)[O-]. The van der Waals surface area contributed by atoms with Gasteiger partial charge in [0.1, 0.15) is 11.3 Å². The average molecular weight is 543 g/mol. The van der Waals surface area contributed by atoms with E-state index in [2.05, 4.69) is 5.32 Å². The second-order valence-electron chi connectivity index (χ2n) is 7.36. The van der Waals surface area contributed by atoms with Gasteiger partial charge in [0.15, 0.2) is 0 Å². The van der Waals surface area contributed by atoms with Gasteiger partial charge in [-0.05, 0) is 42.5 Å². The molecule has 1 N–H and O–H groups in total. The zero-order valence-corrected chi connectivity index (χ0v) is 19.7. The second-order valence-corrected chi connectivity index (χ2v) is 8.20. The van der Waals surface area contributed by atoms with E-state index < -0.39 is 44.6 Å². The summed E-state index contributed by atoms with van der Waals surface area (Å²) in [5.74, 6) is -2.42. The fourth-order valence-electron chi connectivity index (χ4n) is 3.36. The molecule has 37 heavy (non-hydrogen) atoms. The summed E-state index contributed by atoms with van der Waals surface area (Å²) in [4.78, 5) is 59.7. The van der Waals surface area contributed by atoms with Gasteiger partial charge in [0, 0.05) is 16.7 Å². The normalized spacial score (nSPS) is 14.5. The number of barbiturate groups is 1. The molecule has 0 atom stereocenters. The van der Waals surface area contributed by atoms with Crippen LogP contribution in [0.3, 0.4) is 0 Å². The Labute approximate surface area is 216 Å². The molecular weight excluding hydrogens is 531 g/mol. The molecule has 3 aromatic rings. The van der Waals surface area contributed by atoms with Gasteiger partial charge in [0.2, 0.25) is 5.75 Å². The molecule has 0 bridgehead atoms. The highest BCUT2D eigenvalue weighted by Crippen LogP contribution is 2.37. The third-order valence-electron chi connectivity index (χ3n) is 5.04. The molecule has 1 saturated heterocycles. The number of hydrogen-bond donors (Lipinski definition) is 1. The summed E-state index contributed by atoms with van der Waals surface area (Å²) in [6, 6.07) is 11.8. The number of benzene rings is 3. The first-order valence-electron chi connectivity index (χ1n) is 10.1. The van der Waals surface area contributed by atoms with Gasteiger partial charge in [-0.25, -0.2) is 9.69 Å². The molecule has 4 rings (SSSR count). The minimum atomic E-state index is -1.01. The summed E-state index contributed by atoms with van der Waals surface area (Å²) in [6.07, 6.45) is 1.09. The number of nitrogens with one attached hydrogen (secondary N) is 1. The van der Waals surface area contributed by atoms with E-state index in [1.165, 1.54) is 30.3 Å². The van der Waals surface area contributed by atoms with E-state index in [-0.39, 0.29) is 32.8 Å². The van der Waals surface area contributed by atoms with E-state index >= 15 is 0 Å². The summed E-state index contributed by atoms with van der Waals surface area (Å²) in [7, 11) is 0. The predicted molar refractivity (Wildman–Crippen MR) is 132 cm³/mol. The number of rotatable bonds is 6. The topological polar surface area (TPSA) is 162 Å². The van der Waals surface area contributed by atoms with Crippen LogP contribution in [0.2, 0.25) is 10.0 Å². The van der Waals surface area contributed by atoms with Crippen LogP contribution in [0, 0.1) is 20.2 Å². The maximum Gasteiger partial charge on any atom is 0.335 e. The first kappa shape index (κ1) is 25.3. The van der Waals surface area contributed by atoms with Crippen molar-refractivity contribution in [3.05, 3.63) is 102 Å². The molecule has 1 fully saturated rings. The van der Waals surface area contributed by atoms with Crippen molar-refractivity contribution in [3.8, 4) is 11.5 Å². The highest BCUT2D eigenvalue weighted by atomic mass is 35.5. The van der Waals surface area contributed by atoms with Gasteiger partial charge in [0.05, 0.1) is 26.6 Å². The number of ether oxygens (including phenoxy) is 1. The van der Waals surface area contributed by atoms with E-state index in [0.29, 0.717) is 4.90 Å². The lowest BCUT2D eigenvalue weighted by Crippen LogP contribution is -2.54. The average Bonchev–Trinajstić information content (AvgIpc) is 2.84. The number of carbonyl (C=O) groups is 3. The standard InChI is InChI=1S/C23H12Cl2N4O8/c24-13-5-7-19(37-20-8-6-14(28(33)34)11-18(20)29(35)36)12(9-13)10-15-21(30)26-23(32)27(22(15)31)17-4-2-1-3-16(17)25/h1-11H,(H,26,30,32)/b15-10+. The molecule has 0 aromatic heterocycles. The van der Waals surface area contributed by atoms with E-state index in [4.69, 9.17) is 27.9 Å². The molecule has 12 nitrogen and oxygen atoms in total. The van der Waals surface area contributed by atoms with Crippen molar-refractivity contribution in [1.29, 1.82) is 0 Å². The zero-order chi connectivity index (χ0) is 26.9. The van der Waals surface area contributed by atoms with Gasteiger partial charge >= 0.3 is 11.7 Å². The Bertz CT molecular complexity index is 1540. The molecule has 4 amide bonds. The molecule has 0 saturated carbocycles. The summed E-state index contributed by atoms with van der Waals surface area (Å²) in [5.41, 5.74) is -1.61. The van der Waals surface area contributed by atoms with Gasteiger partial charge in [-0.1, -0.05) is 35.3 Å². The molecule has 1 aliphatic heterocycles. The minimum absolute atomic E-state index is 0.0362. The van der Waals surface area contributed by atoms with Crippen molar-refractivity contribution in [2.75, 3.05) is 4.90 Å². The molecule has 186 valence electrons. The van der Waals surface area contributed by atoms with Crippen molar-refractivity contribution < 1.29 is 29.0 Å². The van der Waals surface area contributed by atoms with Crippen LogP contribution in [-0.4, -0.2) is 27.7 Å². The number of nitrogens with zero attached hydrogens (tertiary/aromatic N) is 3. The molecule has 14 heteroatoms. The summed E-state index contributed by atoms with van der Waals surface area (Å²) in [5, 5.41) is 24.8. The quantitative estimate of drug-likeness (QED) is 0.190. The number of urea groups is 1. The number of nitro benzene ring substituents is 2. The molecule has 0 spiro atoms. The van der Waals surface area contributed by atoms with Gasteiger partial charge in [-0.15, -0.1) is 0 Å². The van der Waals surface area contributed by atoms with Gasteiger partial charge < -0.3 is 4.74 Å². The predicted octanol–water partition coefficient (Wildman–Crippen LogP) is 5.27. The number of carbonyl (C=O) groups excluding carboxylic acids is 3. The Morgan fingerprint density at radius 1 is 0.892 bits per heavy atom. The maximum absolute atomic E-state index is 13.2. The number of nitro groups is 2. The fraction of sp³-hybridized carbons (Fsp3) is 0. The van der Waals surface area contributed by atoms with Crippen molar-refractivity contribution >= 4 is 64.2 Å². The van der Waals surface area contributed by atoms with Crippen LogP contribution < -0.4 is 15.0 Å². The molecular formula is C23H12Cl2N4O8. The van der Waals surface area contributed by atoms with Crippen molar-refractivity contribution in [3.63, 3.8) is 0 Å². The van der Waals surface area contributed by atoms with Gasteiger partial charge in [-0.2, -0.15) is 0 Å². The van der Waals surface area contributed by atoms with Crippen molar-refractivity contribution in [2.45, 2.75) is 0 Å². The van der Waals surface area contributed by atoms with Gasteiger partial charge in [-0.3, -0.25) is 35.1 Å². The Kier molecular flexibility index (Phi) is 6.87. The largest absolute Gasteiger partial charge is 0.449 e. The third kappa shape index (κ3) is 5.10. The number of amides is 4. The number of hydrogen-bond acceptors (Lipinski definition) is 8. The highest BCUT2D eigenvalue weighted by Gasteiger charge is 2.38. The fourth-order valence-corrected chi connectivity index (χ4v) is 3.76. The van der Waals surface area contributed by atoms with Crippen LogP contribution in [0.15, 0.2) is 66.2 Å². The molecule has 0 aliphatic carbocycles. The second kappa shape index (κ2) is 10.0. The first-order valence-corrected chi connectivity index (χ1v) is 10.9. The van der Waals surface area contributed by atoms with Crippen LogP contribution in [0.1, 0.15) is 5.56 Å². The van der Waals surface area contributed by atoms with Crippen molar-refractivity contribution in [2.24, 2.45) is 0 Å². The molecule has 0 radical (unpaired) electrons. The lowest BCUT2D eigenvalue weighted by Gasteiger charge is -2.27.